The van der Waals surface area contributed by atoms with E-state index in [0.717, 1.165) is 31.4 Å². The van der Waals surface area contributed by atoms with Crippen LogP contribution in [0, 0.1) is 0 Å². The minimum absolute atomic E-state index is 0.0445. The van der Waals surface area contributed by atoms with E-state index >= 15 is 0 Å². The van der Waals surface area contributed by atoms with Crippen LogP contribution in [0.5, 0.6) is 0 Å². The monoisotopic (exact) mass is 373 g/mol. The summed E-state index contributed by atoms with van der Waals surface area (Å²) in [5, 5.41) is 12.0. The molecule has 1 saturated carbocycles. The number of hydrogen-bond donors (Lipinski definition) is 2. The van der Waals surface area contributed by atoms with Crippen LogP contribution in [0.25, 0.3) is 0 Å². The zero-order chi connectivity index (χ0) is 19.4. The Morgan fingerprint density at radius 1 is 1.26 bits per heavy atom. The summed E-state index contributed by atoms with van der Waals surface area (Å²) in [6, 6.07) is 7.70. The minimum atomic E-state index is -0.819. The maximum Gasteiger partial charge on any atom is 0.317 e. The summed E-state index contributed by atoms with van der Waals surface area (Å²) in [4.78, 5) is 38.7. The zero-order valence-corrected chi connectivity index (χ0v) is 15.7. The van der Waals surface area contributed by atoms with E-state index < -0.39 is 5.97 Å². The van der Waals surface area contributed by atoms with E-state index in [2.05, 4.69) is 5.32 Å². The first-order valence-electron chi connectivity index (χ1n) is 9.59. The van der Waals surface area contributed by atoms with Crippen molar-refractivity contribution in [3.63, 3.8) is 0 Å². The topological polar surface area (TPSA) is 90.0 Å². The Balaban J connectivity index is 1.46. The van der Waals surface area contributed by atoms with Crippen molar-refractivity contribution in [1.29, 1.82) is 0 Å². The van der Waals surface area contributed by atoms with Crippen LogP contribution in [-0.4, -0.2) is 64.4 Å². The largest absolute Gasteiger partial charge is 0.480 e. The molecule has 0 spiro atoms. The maximum atomic E-state index is 12.4. The molecule has 1 aromatic carbocycles. The molecule has 1 aliphatic heterocycles. The van der Waals surface area contributed by atoms with Gasteiger partial charge in [-0.25, -0.2) is 0 Å². The molecule has 0 atom stereocenters. The molecule has 2 amide bonds. The molecule has 1 aliphatic carbocycles. The van der Waals surface area contributed by atoms with E-state index in [1.807, 2.05) is 28.9 Å². The number of likely N-dealkylation sites (N-methyl/N-ethyl adjacent to an activating group) is 1. The number of carbonyl (C=O) groups is 3. The predicted molar refractivity (Wildman–Crippen MR) is 100 cm³/mol. The second-order valence-corrected chi connectivity index (χ2v) is 7.37. The number of carbonyl (C=O) groups excluding carboxylic acids is 2. The number of hydrogen-bond acceptors (Lipinski definition) is 4. The lowest BCUT2D eigenvalue weighted by Crippen LogP contribution is -2.54. The quantitative estimate of drug-likeness (QED) is 0.720. The molecule has 2 N–H and O–H groups in total. The first-order valence-corrected chi connectivity index (χ1v) is 9.59. The van der Waals surface area contributed by atoms with Crippen molar-refractivity contribution in [3.05, 3.63) is 35.4 Å². The van der Waals surface area contributed by atoms with Crippen LogP contribution in [0.2, 0.25) is 0 Å². The van der Waals surface area contributed by atoms with E-state index in [0.29, 0.717) is 25.1 Å². The molecule has 1 heterocycles. The molecule has 7 nitrogen and oxygen atoms in total. The van der Waals surface area contributed by atoms with Crippen molar-refractivity contribution in [2.75, 3.05) is 19.6 Å². The summed E-state index contributed by atoms with van der Waals surface area (Å²) < 4.78 is 0. The summed E-state index contributed by atoms with van der Waals surface area (Å²) in [6.07, 6.45) is 3.11. The number of carboxylic acids is 1. The van der Waals surface area contributed by atoms with E-state index in [-0.39, 0.29) is 30.4 Å². The van der Waals surface area contributed by atoms with E-state index in [9.17, 15) is 14.4 Å². The third-order valence-electron chi connectivity index (χ3n) is 5.47. The van der Waals surface area contributed by atoms with Gasteiger partial charge in [0, 0.05) is 37.2 Å². The molecule has 0 aromatic heterocycles. The Bertz CT molecular complexity index is 698. The molecule has 2 fully saturated rings. The average Bonchev–Trinajstić information content (AvgIpc) is 3.01. The molecule has 0 radical (unpaired) electrons. The zero-order valence-electron chi connectivity index (χ0n) is 15.7. The molecule has 3 rings (SSSR count). The molecule has 2 aliphatic rings. The van der Waals surface area contributed by atoms with Crippen molar-refractivity contribution in [2.45, 2.75) is 51.2 Å². The van der Waals surface area contributed by atoms with Crippen LogP contribution in [0.1, 0.15) is 48.5 Å². The Kier molecular flexibility index (Phi) is 6.11. The molecule has 0 unspecified atom stereocenters. The van der Waals surface area contributed by atoms with Crippen LogP contribution in [0.15, 0.2) is 24.3 Å². The Morgan fingerprint density at radius 3 is 2.52 bits per heavy atom. The number of amides is 2. The van der Waals surface area contributed by atoms with Gasteiger partial charge in [-0.3, -0.25) is 19.3 Å². The van der Waals surface area contributed by atoms with Crippen LogP contribution in [-0.2, 0) is 16.1 Å². The number of nitrogens with one attached hydrogen (secondary N) is 1. The lowest BCUT2D eigenvalue weighted by atomic mass is 9.85. The summed E-state index contributed by atoms with van der Waals surface area (Å²) in [5.41, 5.74) is 1.63. The van der Waals surface area contributed by atoms with Gasteiger partial charge in [-0.05, 0) is 43.5 Å². The first-order chi connectivity index (χ1) is 13.0. The Hall–Kier alpha value is -2.41. The first kappa shape index (κ1) is 19.4. The Morgan fingerprint density at radius 2 is 1.96 bits per heavy atom. The SMILES string of the molecule is CCN(CC(=O)O)C1CC(NC(=O)c2ccc(CN3CCCC3=O)cc2)C1. The van der Waals surface area contributed by atoms with Crippen LogP contribution < -0.4 is 5.32 Å². The van der Waals surface area contributed by atoms with Crippen molar-refractivity contribution >= 4 is 17.8 Å². The number of rotatable bonds is 8. The highest BCUT2D eigenvalue weighted by Gasteiger charge is 2.34. The van der Waals surface area contributed by atoms with E-state index in [1.54, 1.807) is 12.1 Å². The van der Waals surface area contributed by atoms with Crippen LogP contribution >= 0.6 is 0 Å². The summed E-state index contributed by atoms with van der Waals surface area (Å²) in [7, 11) is 0. The van der Waals surface area contributed by atoms with Gasteiger partial charge in [0.05, 0.1) is 6.54 Å². The number of aliphatic carboxylic acids is 1. The fourth-order valence-electron chi connectivity index (χ4n) is 3.80. The van der Waals surface area contributed by atoms with Gasteiger partial charge in [0.1, 0.15) is 0 Å². The molecular formula is C20H27N3O4. The van der Waals surface area contributed by atoms with E-state index in [1.165, 1.54) is 0 Å². The standard InChI is InChI=1S/C20H27N3O4/c1-2-22(13-19(25)26)17-10-16(11-17)21-20(27)15-7-5-14(6-8-15)12-23-9-3-4-18(23)24/h5-8,16-17H,2-4,9-13H2,1H3,(H,21,27)(H,25,26). The number of carboxylic acid groups (broad SMARTS) is 1. The molecule has 1 aromatic rings. The molecule has 7 heteroatoms. The molecule has 0 bridgehead atoms. The van der Waals surface area contributed by atoms with Crippen LogP contribution in [0.3, 0.4) is 0 Å². The smallest absolute Gasteiger partial charge is 0.317 e. The fraction of sp³-hybridized carbons (Fsp3) is 0.550. The van der Waals surface area contributed by atoms with E-state index in [4.69, 9.17) is 5.11 Å². The second kappa shape index (κ2) is 8.52. The van der Waals surface area contributed by atoms with Gasteiger partial charge in [0.25, 0.3) is 5.91 Å². The summed E-state index contributed by atoms with van der Waals surface area (Å²) in [6.45, 7) is 4.09. The van der Waals surface area contributed by atoms with Gasteiger partial charge in [0.15, 0.2) is 0 Å². The van der Waals surface area contributed by atoms with Gasteiger partial charge < -0.3 is 15.3 Å². The lowest BCUT2D eigenvalue weighted by Gasteiger charge is -2.42. The minimum Gasteiger partial charge on any atom is -0.480 e. The third-order valence-corrected chi connectivity index (χ3v) is 5.47. The van der Waals surface area contributed by atoms with Crippen molar-refractivity contribution in [2.24, 2.45) is 0 Å². The molecule has 1 saturated heterocycles. The predicted octanol–water partition coefficient (Wildman–Crippen LogP) is 1.48. The summed E-state index contributed by atoms with van der Waals surface area (Å²) >= 11 is 0. The van der Waals surface area contributed by atoms with Gasteiger partial charge in [-0.2, -0.15) is 0 Å². The van der Waals surface area contributed by atoms with Crippen LogP contribution in [0.4, 0.5) is 0 Å². The lowest BCUT2D eigenvalue weighted by molar-refractivity contribution is -0.139. The van der Waals surface area contributed by atoms with Crippen molar-refractivity contribution in [3.8, 4) is 0 Å². The Labute approximate surface area is 159 Å². The molecule has 27 heavy (non-hydrogen) atoms. The van der Waals surface area contributed by atoms with Crippen molar-refractivity contribution in [1.82, 2.24) is 15.1 Å². The average molecular weight is 373 g/mol. The number of likely N-dealkylation sites (tertiary alicyclic amines) is 1. The normalized spacial score (nSPS) is 22.0. The molecular weight excluding hydrogens is 346 g/mol. The highest BCUT2D eigenvalue weighted by atomic mass is 16.4. The highest BCUT2D eigenvalue weighted by Crippen LogP contribution is 2.26. The molecule has 146 valence electrons. The highest BCUT2D eigenvalue weighted by molar-refractivity contribution is 5.94. The van der Waals surface area contributed by atoms with Gasteiger partial charge >= 0.3 is 5.97 Å². The van der Waals surface area contributed by atoms with Gasteiger partial charge in [0.2, 0.25) is 5.91 Å². The third kappa shape index (κ3) is 4.86. The number of nitrogens with zero attached hydrogens (tertiary/aromatic N) is 2. The van der Waals surface area contributed by atoms with Gasteiger partial charge in [-0.15, -0.1) is 0 Å². The number of benzene rings is 1. The summed E-state index contributed by atoms with van der Waals surface area (Å²) in [5.74, 6) is -0.732. The fourth-order valence-corrected chi connectivity index (χ4v) is 3.80. The van der Waals surface area contributed by atoms with Crippen molar-refractivity contribution < 1.29 is 19.5 Å². The maximum absolute atomic E-state index is 12.4. The second-order valence-electron chi connectivity index (χ2n) is 7.37. The van der Waals surface area contributed by atoms with Gasteiger partial charge in [-0.1, -0.05) is 19.1 Å².